The van der Waals surface area contributed by atoms with Crippen molar-refractivity contribution < 1.29 is 24.2 Å². The summed E-state index contributed by atoms with van der Waals surface area (Å²) in [6.07, 6.45) is 3.39. The molecule has 192 valence electrons. The Balaban J connectivity index is 1.57. The summed E-state index contributed by atoms with van der Waals surface area (Å²) < 4.78 is 7.56. The number of carbonyl (C=O) groups excluding carboxylic acids is 2. The number of carboxylic acids is 1. The van der Waals surface area contributed by atoms with E-state index in [9.17, 15) is 19.5 Å². The maximum Gasteiger partial charge on any atom is 0.323 e. The fraction of sp³-hybridized carbons (Fsp3) is 0.345. The molecule has 1 N–H and O–H groups in total. The summed E-state index contributed by atoms with van der Waals surface area (Å²) in [5.41, 5.74) is 5.67. The summed E-state index contributed by atoms with van der Waals surface area (Å²) in [5, 5.41) is 9.63. The normalized spacial score (nSPS) is 18.2. The van der Waals surface area contributed by atoms with E-state index in [2.05, 4.69) is 31.9 Å². The number of ether oxygens (including phenoxy) is 1. The zero-order valence-electron chi connectivity index (χ0n) is 20.5. The van der Waals surface area contributed by atoms with Crippen LogP contribution in [0.4, 0.5) is 0 Å². The van der Waals surface area contributed by atoms with E-state index < -0.39 is 11.9 Å². The SMILES string of the molecule is Cc1ccc(COc2c(Br)cc(C3C4=C(CCCC4=O)N(CC(=O)O)C4=C3C(=O)CCC4)cc2Br)cc1. The van der Waals surface area contributed by atoms with Crippen LogP contribution in [-0.4, -0.2) is 34.1 Å². The van der Waals surface area contributed by atoms with Crippen molar-refractivity contribution in [2.24, 2.45) is 0 Å². The largest absolute Gasteiger partial charge is 0.487 e. The van der Waals surface area contributed by atoms with Gasteiger partial charge in [-0.05, 0) is 87.7 Å². The highest BCUT2D eigenvalue weighted by Crippen LogP contribution is 2.50. The summed E-state index contributed by atoms with van der Waals surface area (Å²) in [6, 6.07) is 12.0. The third kappa shape index (κ3) is 5.06. The second-order valence-corrected chi connectivity index (χ2v) is 11.5. The van der Waals surface area contributed by atoms with Crippen LogP contribution in [0.3, 0.4) is 0 Å². The third-order valence-corrected chi connectivity index (χ3v) is 8.42. The van der Waals surface area contributed by atoms with E-state index in [1.54, 1.807) is 4.90 Å². The average Bonchev–Trinajstić information content (AvgIpc) is 2.85. The van der Waals surface area contributed by atoms with Crippen molar-refractivity contribution in [3.63, 3.8) is 0 Å². The highest BCUT2D eigenvalue weighted by atomic mass is 79.9. The van der Waals surface area contributed by atoms with Crippen LogP contribution >= 0.6 is 31.9 Å². The molecule has 5 rings (SSSR count). The lowest BCUT2D eigenvalue weighted by Crippen LogP contribution is -2.41. The molecule has 2 aliphatic carbocycles. The smallest absolute Gasteiger partial charge is 0.323 e. The van der Waals surface area contributed by atoms with Crippen LogP contribution in [0.1, 0.15) is 61.1 Å². The number of nitrogens with zero attached hydrogens (tertiary/aromatic N) is 1. The molecule has 0 atom stereocenters. The molecule has 0 unspecified atom stereocenters. The Hall–Kier alpha value is -2.71. The van der Waals surface area contributed by atoms with Gasteiger partial charge in [0.2, 0.25) is 0 Å². The van der Waals surface area contributed by atoms with Gasteiger partial charge in [-0.2, -0.15) is 0 Å². The highest BCUT2D eigenvalue weighted by Gasteiger charge is 2.43. The van der Waals surface area contributed by atoms with Crippen molar-refractivity contribution in [3.05, 3.63) is 84.6 Å². The maximum absolute atomic E-state index is 13.3. The third-order valence-electron chi connectivity index (χ3n) is 7.24. The summed E-state index contributed by atoms with van der Waals surface area (Å²) in [6.45, 7) is 2.19. The van der Waals surface area contributed by atoms with E-state index in [1.807, 2.05) is 43.3 Å². The summed E-state index contributed by atoms with van der Waals surface area (Å²) in [7, 11) is 0. The molecule has 0 aromatic heterocycles. The molecular weight excluding hydrogens is 602 g/mol. The van der Waals surface area contributed by atoms with Gasteiger partial charge >= 0.3 is 5.97 Å². The Morgan fingerprint density at radius 1 is 0.946 bits per heavy atom. The fourth-order valence-corrected chi connectivity index (χ4v) is 7.05. The molecule has 0 bridgehead atoms. The minimum atomic E-state index is -0.978. The molecular formula is C29H27Br2NO5. The van der Waals surface area contributed by atoms with Gasteiger partial charge in [-0.1, -0.05) is 29.8 Å². The molecule has 8 heteroatoms. The number of hydrogen-bond donors (Lipinski definition) is 1. The first-order chi connectivity index (χ1) is 17.7. The maximum atomic E-state index is 13.3. The van der Waals surface area contributed by atoms with Crippen molar-refractivity contribution in [1.82, 2.24) is 4.90 Å². The van der Waals surface area contributed by atoms with Gasteiger partial charge in [0, 0.05) is 41.3 Å². The predicted molar refractivity (Wildman–Crippen MR) is 146 cm³/mol. The molecule has 0 radical (unpaired) electrons. The van der Waals surface area contributed by atoms with Crippen molar-refractivity contribution in [1.29, 1.82) is 0 Å². The topological polar surface area (TPSA) is 83.9 Å². The van der Waals surface area contributed by atoms with Crippen LogP contribution in [0.5, 0.6) is 5.75 Å². The second-order valence-electron chi connectivity index (χ2n) is 9.78. The monoisotopic (exact) mass is 627 g/mol. The summed E-state index contributed by atoms with van der Waals surface area (Å²) in [4.78, 5) is 40.2. The summed E-state index contributed by atoms with van der Waals surface area (Å²) >= 11 is 7.31. The first kappa shape index (κ1) is 25.9. The molecule has 2 aromatic carbocycles. The molecule has 0 saturated carbocycles. The van der Waals surface area contributed by atoms with E-state index in [4.69, 9.17) is 4.74 Å². The molecule has 1 aliphatic heterocycles. The lowest BCUT2D eigenvalue weighted by atomic mass is 9.71. The minimum absolute atomic E-state index is 0.0153. The van der Waals surface area contributed by atoms with Crippen LogP contribution in [-0.2, 0) is 21.0 Å². The van der Waals surface area contributed by atoms with E-state index >= 15 is 0 Å². The van der Waals surface area contributed by atoms with Gasteiger partial charge < -0.3 is 14.7 Å². The van der Waals surface area contributed by atoms with Crippen molar-refractivity contribution in [2.75, 3.05) is 6.54 Å². The van der Waals surface area contributed by atoms with Gasteiger partial charge in [-0.15, -0.1) is 0 Å². The number of Topliss-reactive ketones (excluding diaryl/α,β-unsaturated/α-hetero) is 2. The van der Waals surface area contributed by atoms with Crippen LogP contribution < -0.4 is 4.74 Å². The minimum Gasteiger partial charge on any atom is -0.487 e. The fourth-order valence-electron chi connectivity index (χ4n) is 5.60. The first-order valence-corrected chi connectivity index (χ1v) is 14.0. The number of benzene rings is 2. The van der Waals surface area contributed by atoms with Crippen LogP contribution in [0.25, 0.3) is 0 Å². The van der Waals surface area contributed by atoms with Crippen molar-refractivity contribution >= 4 is 49.4 Å². The van der Waals surface area contributed by atoms with Crippen molar-refractivity contribution in [3.8, 4) is 5.75 Å². The first-order valence-electron chi connectivity index (χ1n) is 12.4. The molecule has 2 aromatic rings. The molecule has 0 saturated heterocycles. The molecule has 3 aliphatic rings. The Kier molecular flexibility index (Phi) is 7.41. The number of aliphatic carboxylic acids is 1. The predicted octanol–water partition coefficient (Wildman–Crippen LogP) is 6.60. The second kappa shape index (κ2) is 10.6. The van der Waals surface area contributed by atoms with Crippen LogP contribution in [0.2, 0.25) is 0 Å². The molecule has 0 amide bonds. The van der Waals surface area contributed by atoms with Gasteiger partial charge in [-0.3, -0.25) is 14.4 Å². The molecule has 6 nitrogen and oxygen atoms in total. The Labute approximate surface area is 232 Å². The zero-order valence-corrected chi connectivity index (χ0v) is 23.7. The number of allylic oxidation sites excluding steroid dienone is 4. The Bertz CT molecular complexity index is 1290. The highest BCUT2D eigenvalue weighted by molar-refractivity contribution is 9.11. The lowest BCUT2D eigenvalue weighted by Gasteiger charge is -2.43. The number of halogens is 2. The average molecular weight is 629 g/mol. The van der Waals surface area contributed by atoms with E-state index in [0.717, 1.165) is 22.5 Å². The van der Waals surface area contributed by atoms with Crippen molar-refractivity contribution in [2.45, 2.75) is 58.0 Å². The van der Waals surface area contributed by atoms with E-state index in [0.29, 0.717) is 71.0 Å². The molecule has 1 heterocycles. The number of aryl methyl sites for hydroxylation is 1. The zero-order chi connectivity index (χ0) is 26.3. The molecule has 37 heavy (non-hydrogen) atoms. The number of carboxylic acid groups (broad SMARTS) is 1. The van der Waals surface area contributed by atoms with E-state index in [-0.39, 0.29) is 18.1 Å². The molecule has 0 fully saturated rings. The quantitative estimate of drug-likeness (QED) is 0.388. The van der Waals surface area contributed by atoms with Crippen LogP contribution in [0, 0.1) is 6.92 Å². The number of carbonyl (C=O) groups is 3. The lowest BCUT2D eigenvalue weighted by molar-refractivity contribution is -0.138. The molecule has 0 spiro atoms. The number of hydrogen-bond acceptors (Lipinski definition) is 5. The number of ketones is 2. The van der Waals surface area contributed by atoms with E-state index in [1.165, 1.54) is 5.56 Å². The van der Waals surface area contributed by atoms with Crippen LogP contribution in [0.15, 0.2) is 67.9 Å². The summed E-state index contributed by atoms with van der Waals surface area (Å²) in [5.74, 6) is -0.888. The van der Waals surface area contributed by atoms with Gasteiger partial charge in [-0.25, -0.2) is 0 Å². The number of rotatable bonds is 6. The Morgan fingerprint density at radius 2 is 1.49 bits per heavy atom. The van der Waals surface area contributed by atoms with Gasteiger partial charge in [0.25, 0.3) is 0 Å². The standard InChI is InChI=1S/C29H27Br2NO5/c1-16-8-10-17(11-9-16)15-37-29-19(30)12-18(13-20(29)31)26-27-21(4-2-6-23(27)33)32(14-25(35)36)22-5-3-7-24(34)28(22)26/h8-13,26H,2-7,14-15H2,1H3,(H,35,36). The van der Waals surface area contributed by atoms with Gasteiger partial charge in [0.15, 0.2) is 11.6 Å². The van der Waals surface area contributed by atoms with Gasteiger partial charge in [0.1, 0.15) is 18.9 Å². The van der Waals surface area contributed by atoms with Gasteiger partial charge in [0.05, 0.1) is 8.95 Å². The Morgan fingerprint density at radius 3 is 2.00 bits per heavy atom.